The number of primary amides is 1. The van der Waals surface area contributed by atoms with E-state index >= 15 is 0 Å². The number of ether oxygens (including phenoxy) is 2. The molecule has 0 bridgehead atoms. The summed E-state index contributed by atoms with van der Waals surface area (Å²) >= 11 is 14.0. The van der Waals surface area contributed by atoms with Gasteiger partial charge in [0.1, 0.15) is 11.4 Å². The lowest BCUT2D eigenvalue weighted by Crippen LogP contribution is -2.25. The van der Waals surface area contributed by atoms with Gasteiger partial charge in [0.25, 0.3) is 0 Å². The number of carbonyl (C=O) groups is 2. The first kappa shape index (κ1) is 34.0. The van der Waals surface area contributed by atoms with Crippen molar-refractivity contribution in [1.82, 2.24) is 30.6 Å². The van der Waals surface area contributed by atoms with Gasteiger partial charge in [0.05, 0.1) is 48.0 Å². The maximum Gasteiger partial charge on any atom is 0.237 e. The van der Waals surface area contributed by atoms with Gasteiger partial charge in [-0.25, -0.2) is 9.97 Å². The molecule has 0 radical (unpaired) electrons. The molecule has 2 aromatic carbocycles. The number of hydrogen-bond acceptors (Lipinski definition) is 9. The van der Waals surface area contributed by atoms with Gasteiger partial charge in [0, 0.05) is 47.7 Å². The minimum Gasteiger partial charge on any atom is -0.480 e. The highest BCUT2D eigenvalue weighted by Crippen LogP contribution is 2.42. The Morgan fingerprint density at radius 1 is 0.915 bits per heavy atom. The van der Waals surface area contributed by atoms with Crippen molar-refractivity contribution in [3.8, 4) is 45.4 Å². The van der Waals surface area contributed by atoms with E-state index in [1.54, 1.807) is 19.5 Å². The summed E-state index contributed by atoms with van der Waals surface area (Å²) in [7, 11) is 3.11. The Morgan fingerprint density at radius 3 is 2.04 bits per heavy atom. The van der Waals surface area contributed by atoms with E-state index in [9.17, 15) is 9.59 Å². The van der Waals surface area contributed by atoms with Gasteiger partial charge in [0.2, 0.25) is 23.6 Å². The highest BCUT2D eigenvalue weighted by Gasteiger charge is 2.22. The number of nitrogens with two attached hydrogens (primary N) is 1. The Balaban J connectivity index is 1.35. The minimum absolute atomic E-state index is 0.117. The van der Waals surface area contributed by atoms with Gasteiger partial charge in [-0.1, -0.05) is 59.6 Å². The fourth-order valence-corrected chi connectivity index (χ4v) is 6.20. The number of carbonyl (C=O) groups excluding carboxylic acids is 2. The van der Waals surface area contributed by atoms with Crippen LogP contribution in [0, 0.1) is 0 Å². The third-order valence-corrected chi connectivity index (χ3v) is 8.78. The monoisotopic (exact) mass is 677 g/mol. The second kappa shape index (κ2) is 16.0. The number of rotatable bonds is 15. The van der Waals surface area contributed by atoms with Crippen LogP contribution in [-0.4, -0.2) is 58.6 Å². The molecule has 11 nitrogen and oxygen atoms in total. The third-order valence-electron chi connectivity index (χ3n) is 7.97. The Kier molecular flexibility index (Phi) is 11.6. The Bertz CT molecular complexity index is 1750. The fraction of sp³-hybridized carbons (Fsp3) is 0.353. The van der Waals surface area contributed by atoms with Crippen molar-refractivity contribution in [2.75, 3.05) is 20.8 Å². The summed E-state index contributed by atoms with van der Waals surface area (Å²) in [5.41, 5.74) is 10.5. The van der Waals surface area contributed by atoms with Crippen LogP contribution in [0.2, 0.25) is 10.0 Å². The molecule has 47 heavy (non-hydrogen) atoms. The summed E-state index contributed by atoms with van der Waals surface area (Å²) in [5, 5.41) is 7.16. The van der Waals surface area contributed by atoms with Crippen LogP contribution in [0.1, 0.15) is 49.9 Å². The molecule has 1 saturated heterocycles. The summed E-state index contributed by atoms with van der Waals surface area (Å²) < 4.78 is 11.1. The molecule has 0 saturated carbocycles. The number of hydrogen-bond donors (Lipinski definition) is 3. The van der Waals surface area contributed by atoms with E-state index in [4.69, 9.17) is 43.4 Å². The van der Waals surface area contributed by atoms with Gasteiger partial charge in [-0.05, 0) is 38.6 Å². The molecule has 1 fully saturated rings. The Labute approximate surface area is 283 Å². The minimum atomic E-state index is -0.330. The van der Waals surface area contributed by atoms with Crippen LogP contribution in [0.4, 0.5) is 0 Å². The number of halogens is 2. The first-order chi connectivity index (χ1) is 22.8. The highest BCUT2D eigenvalue weighted by molar-refractivity contribution is 6.39. The van der Waals surface area contributed by atoms with Crippen molar-refractivity contribution >= 4 is 35.0 Å². The largest absolute Gasteiger partial charge is 0.480 e. The van der Waals surface area contributed by atoms with Crippen molar-refractivity contribution in [2.24, 2.45) is 5.73 Å². The first-order valence-electron chi connectivity index (χ1n) is 15.4. The van der Waals surface area contributed by atoms with Gasteiger partial charge in [-0.15, -0.1) is 0 Å². The van der Waals surface area contributed by atoms with Gasteiger partial charge in [-0.3, -0.25) is 19.6 Å². The zero-order valence-electron chi connectivity index (χ0n) is 26.3. The van der Waals surface area contributed by atoms with E-state index in [0.717, 1.165) is 30.5 Å². The SMILES string of the molecule is COc1nc(-c2cccc(-c3cccc(-c4cnc(CNCCCC(N)=O)c(OC)n4)c3Cl)c2Cl)cnc1CCC[C@@H]1CCC(=O)N1. The molecule has 246 valence electrons. The lowest BCUT2D eigenvalue weighted by molar-refractivity contribution is -0.119. The van der Waals surface area contributed by atoms with E-state index in [-0.39, 0.29) is 17.9 Å². The van der Waals surface area contributed by atoms with E-state index < -0.39 is 0 Å². The summed E-state index contributed by atoms with van der Waals surface area (Å²) in [6.07, 6.45) is 8.18. The number of nitrogens with zero attached hydrogens (tertiary/aromatic N) is 4. The van der Waals surface area contributed by atoms with Crippen molar-refractivity contribution in [2.45, 2.75) is 57.5 Å². The van der Waals surface area contributed by atoms with Gasteiger partial charge < -0.3 is 25.8 Å². The maximum atomic E-state index is 11.5. The number of aryl methyl sites for hydroxylation is 1. The van der Waals surface area contributed by atoms with E-state index in [1.807, 2.05) is 36.4 Å². The van der Waals surface area contributed by atoms with Crippen LogP contribution in [0.25, 0.3) is 33.6 Å². The van der Waals surface area contributed by atoms with Gasteiger partial charge in [0.15, 0.2) is 0 Å². The molecular weight excluding hydrogens is 641 g/mol. The normalized spacial score (nSPS) is 14.2. The average molecular weight is 679 g/mol. The smallest absolute Gasteiger partial charge is 0.237 e. The van der Waals surface area contributed by atoms with Crippen LogP contribution in [0.3, 0.4) is 0 Å². The number of amides is 2. The predicted molar refractivity (Wildman–Crippen MR) is 181 cm³/mol. The van der Waals surface area contributed by atoms with Crippen LogP contribution in [0.15, 0.2) is 48.8 Å². The lowest BCUT2D eigenvalue weighted by Gasteiger charge is -2.15. The molecule has 5 rings (SSSR count). The molecule has 0 aliphatic carbocycles. The van der Waals surface area contributed by atoms with Crippen LogP contribution < -0.4 is 25.8 Å². The molecule has 0 unspecified atom stereocenters. The highest BCUT2D eigenvalue weighted by atomic mass is 35.5. The zero-order chi connectivity index (χ0) is 33.3. The molecule has 2 amide bonds. The Hall–Kier alpha value is -4.32. The second-order valence-electron chi connectivity index (χ2n) is 11.2. The Morgan fingerprint density at radius 2 is 1.49 bits per heavy atom. The average Bonchev–Trinajstić information content (AvgIpc) is 3.49. The van der Waals surface area contributed by atoms with Gasteiger partial charge in [-0.2, -0.15) is 0 Å². The molecule has 4 N–H and O–H groups in total. The molecule has 4 aromatic rings. The van der Waals surface area contributed by atoms with Crippen molar-refractivity contribution in [1.29, 1.82) is 0 Å². The third kappa shape index (κ3) is 8.34. The molecule has 2 aromatic heterocycles. The number of benzene rings is 2. The number of methoxy groups -OCH3 is 2. The number of nitrogens with one attached hydrogen (secondary N) is 2. The molecule has 13 heteroatoms. The molecule has 0 spiro atoms. The number of aromatic nitrogens is 4. The molecule has 1 aliphatic heterocycles. The summed E-state index contributed by atoms with van der Waals surface area (Å²) in [5.74, 6) is 0.597. The van der Waals surface area contributed by atoms with Crippen LogP contribution in [-0.2, 0) is 22.6 Å². The van der Waals surface area contributed by atoms with Crippen molar-refractivity contribution < 1.29 is 19.1 Å². The molecule has 1 atom stereocenters. The summed E-state index contributed by atoms with van der Waals surface area (Å²) in [6, 6.07) is 11.5. The zero-order valence-corrected chi connectivity index (χ0v) is 27.8. The van der Waals surface area contributed by atoms with E-state index in [0.29, 0.717) is 94.4 Å². The quantitative estimate of drug-likeness (QED) is 0.137. The van der Waals surface area contributed by atoms with Crippen molar-refractivity contribution in [3.05, 3.63) is 70.2 Å². The summed E-state index contributed by atoms with van der Waals surface area (Å²) in [6.45, 7) is 1.02. The van der Waals surface area contributed by atoms with Crippen LogP contribution in [0.5, 0.6) is 11.8 Å². The van der Waals surface area contributed by atoms with E-state index in [1.165, 1.54) is 7.11 Å². The van der Waals surface area contributed by atoms with E-state index in [2.05, 4.69) is 25.6 Å². The fourth-order valence-electron chi connectivity index (χ4n) is 5.55. The molecular formula is C34H37Cl2N7O4. The summed E-state index contributed by atoms with van der Waals surface area (Å²) in [4.78, 5) is 41.1. The van der Waals surface area contributed by atoms with Crippen LogP contribution >= 0.6 is 23.2 Å². The topological polar surface area (TPSA) is 154 Å². The maximum absolute atomic E-state index is 11.5. The lowest BCUT2D eigenvalue weighted by atomic mass is 9.98. The standard InChI is InChI=1S/C34H37Cl2N7O4/c1-46-33-25(12-3-7-20-14-15-30(45)41-20)39-18-26(42-33)23-10-4-8-21(31(23)35)22-9-5-11-24(32(22)36)27-19-40-28(34(43-27)47-2)17-38-16-6-13-29(37)44/h4-5,8-11,18-20,38H,3,6-7,12-17H2,1-2H3,(H2,37,44)(H,41,45)/t20-/m1/s1. The predicted octanol–water partition coefficient (Wildman–Crippen LogP) is 5.55. The second-order valence-corrected chi connectivity index (χ2v) is 12.0. The van der Waals surface area contributed by atoms with Gasteiger partial charge >= 0.3 is 0 Å². The first-order valence-corrected chi connectivity index (χ1v) is 16.2. The van der Waals surface area contributed by atoms with Crippen molar-refractivity contribution in [3.63, 3.8) is 0 Å². The molecule has 1 aliphatic rings. The molecule has 3 heterocycles.